The van der Waals surface area contributed by atoms with Gasteiger partial charge < -0.3 is 0 Å². The predicted octanol–water partition coefficient (Wildman–Crippen LogP) is 3.56. The van der Waals surface area contributed by atoms with E-state index in [-0.39, 0.29) is 5.92 Å². The average Bonchev–Trinajstić information content (AvgIpc) is 1.84. The van der Waals surface area contributed by atoms with E-state index < -0.39 is 5.67 Å². The molecule has 0 N–H and O–H groups in total. The van der Waals surface area contributed by atoms with E-state index in [0.717, 1.165) is 12.8 Å². The summed E-state index contributed by atoms with van der Waals surface area (Å²) in [6.07, 6.45) is 2.80. The monoisotopic (exact) mass is 146 g/mol. The van der Waals surface area contributed by atoms with E-state index >= 15 is 0 Å². The Morgan fingerprint density at radius 1 is 1.40 bits per heavy atom. The SMILES string of the molecule is CCCCC(C)(F)C(C)C. The van der Waals surface area contributed by atoms with E-state index in [1.165, 1.54) is 0 Å². The summed E-state index contributed by atoms with van der Waals surface area (Å²) in [5.41, 5.74) is -0.948. The number of halogens is 1. The van der Waals surface area contributed by atoms with E-state index in [0.29, 0.717) is 6.42 Å². The second-order valence-corrected chi connectivity index (χ2v) is 3.54. The van der Waals surface area contributed by atoms with Crippen molar-refractivity contribution in [2.45, 2.75) is 52.6 Å². The molecule has 10 heavy (non-hydrogen) atoms. The third kappa shape index (κ3) is 3.19. The lowest BCUT2D eigenvalue weighted by molar-refractivity contribution is 0.109. The molecule has 0 saturated carbocycles. The van der Waals surface area contributed by atoms with E-state index in [9.17, 15) is 4.39 Å². The summed E-state index contributed by atoms with van der Waals surface area (Å²) in [4.78, 5) is 0. The topological polar surface area (TPSA) is 0 Å². The zero-order valence-electron chi connectivity index (χ0n) is 7.58. The molecule has 0 aromatic rings. The van der Waals surface area contributed by atoms with Gasteiger partial charge >= 0.3 is 0 Å². The first-order valence-electron chi connectivity index (χ1n) is 4.19. The number of unbranched alkanes of at least 4 members (excludes halogenated alkanes) is 1. The van der Waals surface area contributed by atoms with Crippen LogP contribution >= 0.6 is 0 Å². The van der Waals surface area contributed by atoms with Crippen molar-refractivity contribution in [3.05, 3.63) is 0 Å². The van der Waals surface area contributed by atoms with Crippen LogP contribution in [0.2, 0.25) is 0 Å². The van der Waals surface area contributed by atoms with E-state index in [2.05, 4.69) is 6.92 Å². The van der Waals surface area contributed by atoms with Crippen LogP contribution in [0.4, 0.5) is 4.39 Å². The molecular formula is C9H19F. The lowest BCUT2D eigenvalue weighted by Crippen LogP contribution is -2.24. The van der Waals surface area contributed by atoms with Crippen LogP contribution in [0.1, 0.15) is 47.0 Å². The van der Waals surface area contributed by atoms with Crippen LogP contribution in [-0.4, -0.2) is 5.67 Å². The Morgan fingerprint density at radius 3 is 2.20 bits per heavy atom. The maximum atomic E-state index is 13.4. The van der Waals surface area contributed by atoms with Crippen LogP contribution in [0.5, 0.6) is 0 Å². The molecule has 0 rings (SSSR count). The van der Waals surface area contributed by atoms with Gasteiger partial charge in [0.05, 0.1) is 0 Å². The molecule has 0 spiro atoms. The summed E-state index contributed by atoms with van der Waals surface area (Å²) in [7, 11) is 0. The molecule has 0 bridgehead atoms. The summed E-state index contributed by atoms with van der Waals surface area (Å²) in [6, 6.07) is 0. The molecule has 0 saturated heterocycles. The first-order chi connectivity index (χ1) is 4.50. The van der Waals surface area contributed by atoms with Crippen molar-refractivity contribution in [1.82, 2.24) is 0 Å². The Labute approximate surface area is 63.8 Å². The summed E-state index contributed by atoms with van der Waals surface area (Å²) in [5, 5.41) is 0. The quantitative estimate of drug-likeness (QED) is 0.569. The highest BCUT2D eigenvalue weighted by Crippen LogP contribution is 2.26. The standard InChI is InChI=1S/C9H19F/c1-5-6-7-9(4,10)8(2)3/h8H,5-7H2,1-4H3. The van der Waals surface area contributed by atoms with Crippen LogP contribution < -0.4 is 0 Å². The molecule has 0 aliphatic rings. The van der Waals surface area contributed by atoms with Crippen molar-refractivity contribution in [3.8, 4) is 0 Å². The highest BCUT2D eigenvalue weighted by molar-refractivity contribution is 4.76. The molecule has 0 aliphatic heterocycles. The predicted molar refractivity (Wildman–Crippen MR) is 43.9 cm³/mol. The van der Waals surface area contributed by atoms with Gasteiger partial charge in [-0.05, 0) is 19.3 Å². The summed E-state index contributed by atoms with van der Waals surface area (Å²) >= 11 is 0. The number of hydrogen-bond donors (Lipinski definition) is 0. The average molecular weight is 146 g/mol. The van der Waals surface area contributed by atoms with Gasteiger partial charge in [0.25, 0.3) is 0 Å². The van der Waals surface area contributed by atoms with Crippen molar-refractivity contribution >= 4 is 0 Å². The highest BCUT2D eigenvalue weighted by atomic mass is 19.1. The summed E-state index contributed by atoms with van der Waals surface area (Å²) in [5.74, 6) is 0.152. The molecule has 0 radical (unpaired) electrons. The molecule has 0 fully saturated rings. The van der Waals surface area contributed by atoms with Crippen molar-refractivity contribution in [3.63, 3.8) is 0 Å². The van der Waals surface area contributed by atoms with Crippen LogP contribution in [0, 0.1) is 5.92 Å². The largest absolute Gasteiger partial charge is 0.244 e. The number of hydrogen-bond acceptors (Lipinski definition) is 0. The molecule has 1 unspecified atom stereocenters. The van der Waals surface area contributed by atoms with Gasteiger partial charge in [-0.1, -0.05) is 33.6 Å². The lowest BCUT2D eigenvalue weighted by atomic mass is 9.89. The molecule has 0 aliphatic carbocycles. The Morgan fingerprint density at radius 2 is 1.90 bits per heavy atom. The van der Waals surface area contributed by atoms with Crippen LogP contribution in [0.15, 0.2) is 0 Å². The Hall–Kier alpha value is -0.0700. The lowest BCUT2D eigenvalue weighted by Gasteiger charge is -2.24. The molecule has 62 valence electrons. The minimum Gasteiger partial charge on any atom is -0.244 e. The normalized spacial score (nSPS) is 17.4. The molecule has 0 nitrogen and oxygen atoms in total. The van der Waals surface area contributed by atoms with E-state index in [1.807, 2.05) is 13.8 Å². The molecule has 1 heteroatoms. The van der Waals surface area contributed by atoms with E-state index in [1.54, 1.807) is 6.92 Å². The zero-order chi connectivity index (χ0) is 8.20. The van der Waals surface area contributed by atoms with Crippen molar-refractivity contribution in [2.24, 2.45) is 5.92 Å². The maximum Gasteiger partial charge on any atom is 0.110 e. The fourth-order valence-electron chi connectivity index (χ4n) is 0.811. The molecule has 0 heterocycles. The van der Waals surface area contributed by atoms with Gasteiger partial charge in [0.15, 0.2) is 0 Å². The summed E-state index contributed by atoms with van der Waals surface area (Å²) in [6.45, 7) is 7.68. The first-order valence-corrected chi connectivity index (χ1v) is 4.19. The number of alkyl halides is 1. The van der Waals surface area contributed by atoms with Crippen molar-refractivity contribution in [1.29, 1.82) is 0 Å². The van der Waals surface area contributed by atoms with Crippen molar-refractivity contribution in [2.75, 3.05) is 0 Å². The maximum absolute atomic E-state index is 13.4. The zero-order valence-corrected chi connectivity index (χ0v) is 7.58. The highest BCUT2D eigenvalue weighted by Gasteiger charge is 2.26. The summed E-state index contributed by atoms with van der Waals surface area (Å²) < 4.78 is 13.4. The van der Waals surface area contributed by atoms with Crippen LogP contribution in [0.25, 0.3) is 0 Å². The molecule has 0 aromatic heterocycles. The molecule has 0 aromatic carbocycles. The third-order valence-corrected chi connectivity index (χ3v) is 2.22. The Kier molecular flexibility index (Phi) is 3.92. The molecule has 1 atom stereocenters. The second-order valence-electron chi connectivity index (χ2n) is 3.54. The van der Waals surface area contributed by atoms with Gasteiger partial charge in [0.2, 0.25) is 0 Å². The van der Waals surface area contributed by atoms with Crippen LogP contribution in [-0.2, 0) is 0 Å². The van der Waals surface area contributed by atoms with Crippen LogP contribution in [0.3, 0.4) is 0 Å². The van der Waals surface area contributed by atoms with E-state index in [4.69, 9.17) is 0 Å². The van der Waals surface area contributed by atoms with Gasteiger partial charge in [-0.3, -0.25) is 0 Å². The fourth-order valence-corrected chi connectivity index (χ4v) is 0.811. The smallest absolute Gasteiger partial charge is 0.110 e. The van der Waals surface area contributed by atoms with Gasteiger partial charge in [0, 0.05) is 0 Å². The van der Waals surface area contributed by atoms with Gasteiger partial charge in [-0.25, -0.2) is 4.39 Å². The molecule has 0 amide bonds. The first kappa shape index (κ1) is 9.93. The Balaban J connectivity index is 3.63. The van der Waals surface area contributed by atoms with Gasteiger partial charge in [0.1, 0.15) is 5.67 Å². The minimum atomic E-state index is -0.948. The fraction of sp³-hybridized carbons (Fsp3) is 1.00. The number of rotatable bonds is 4. The molecular weight excluding hydrogens is 127 g/mol. The second kappa shape index (κ2) is 3.95. The van der Waals surface area contributed by atoms with Gasteiger partial charge in [-0.15, -0.1) is 0 Å². The minimum absolute atomic E-state index is 0.152. The van der Waals surface area contributed by atoms with Crippen molar-refractivity contribution < 1.29 is 4.39 Å². The van der Waals surface area contributed by atoms with Gasteiger partial charge in [-0.2, -0.15) is 0 Å². The third-order valence-electron chi connectivity index (χ3n) is 2.22. The Bertz CT molecular complexity index is 84.7.